The quantitative estimate of drug-likeness (QED) is 0.566. The van der Waals surface area contributed by atoms with Crippen molar-refractivity contribution in [3.05, 3.63) is 53.1 Å². The summed E-state index contributed by atoms with van der Waals surface area (Å²) in [6.07, 6.45) is 9.69. The van der Waals surface area contributed by atoms with E-state index >= 15 is 0 Å². The molecule has 0 atom stereocenters. The zero-order valence-corrected chi connectivity index (χ0v) is 22.7. The van der Waals surface area contributed by atoms with Crippen LogP contribution < -0.4 is 0 Å². The van der Waals surface area contributed by atoms with Crippen molar-refractivity contribution in [1.82, 2.24) is 19.8 Å². The van der Waals surface area contributed by atoms with Gasteiger partial charge in [-0.25, -0.2) is 4.98 Å². The van der Waals surface area contributed by atoms with E-state index < -0.39 is 0 Å². The zero-order valence-electron chi connectivity index (χ0n) is 21.0. The summed E-state index contributed by atoms with van der Waals surface area (Å²) in [7, 11) is 0. The average molecular weight is 545 g/mol. The first-order valence-electron chi connectivity index (χ1n) is 13.0. The van der Waals surface area contributed by atoms with Gasteiger partial charge in [0.2, 0.25) is 5.91 Å². The molecule has 1 aromatic carbocycles. The second-order valence-electron chi connectivity index (χ2n) is 11.5. The number of aromatic nitrogens is 2. The number of Topliss-reactive ketones (excluding diaryl/α,β-unsaturated/α-hetero) is 1. The normalized spacial score (nSPS) is 28.4. The van der Waals surface area contributed by atoms with Crippen LogP contribution in [0.15, 0.2) is 30.5 Å². The van der Waals surface area contributed by atoms with E-state index in [0.717, 1.165) is 60.6 Å². The molecule has 198 valence electrons. The van der Waals surface area contributed by atoms with Gasteiger partial charge in [-0.2, -0.15) is 5.26 Å². The molecule has 5 fully saturated rings. The summed E-state index contributed by atoms with van der Waals surface area (Å²) in [5.74, 6) is 3.50. The number of hydrogen-bond donors (Lipinski definition) is 1. The molecular weight excluding hydrogens is 509 g/mol. The van der Waals surface area contributed by atoms with Crippen molar-refractivity contribution in [3.8, 4) is 6.07 Å². The molecule has 4 aliphatic carbocycles. The molecule has 4 saturated carbocycles. The number of piperazine rings is 1. The predicted octanol–water partition coefficient (Wildman–Crippen LogP) is 4.15. The third kappa shape index (κ3) is 5.72. The number of aromatic amines is 1. The lowest BCUT2D eigenvalue weighted by molar-refractivity contribution is -0.150. The molecule has 7 nitrogen and oxygen atoms in total. The maximum atomic E-state index is 13.4. The number of imidazole rings is 1. The lowest BCUT2D eigenvalue weighted by atomic mass is 9.48. The number of carbonyl (C=O) groups is 2. The van der Waals surface area contributed by atoms with Crippen molar-refractivity contribution >= 4 is 36.5 Å². The van der Waals surface area contributed by atoms with E-state index in [1.165, 1.54) is 19.3 Å². The molecule has 1 aromatic heterocycles. The summed E-state index contributed by atoms with van der Waals surface area (Å²) in [4.78, 5) is 38.2. The fourth-order valence-corrected chi connectivity index (χ4v) is 7.56. The van der Waals surface area contributed by atoms with Gasteiger partial charge < -0.3 is 9.88 Å². The van der Waals surface area contributed by atoms with Gasteiger partial charge in [0.25, 0.3) is 0 Å². The molecule has 1 N–H and O–H groups in total. The number of halogens is 2. The number of rotatable bonds is 7. The summed E-state index contributed by atoms with van der Waals surface area (Å²) in [5, 5.41) is 8.94. The fourth-order valence-electron chi connectivity index (χ4n) is 7.56. The molecule has 4 bridgehead atoms. The van der Waals surface area contributed by atoms with Crippen LogP contribution in [0, 0.1) is 34.5 Å². The first-order valence-corrected chi connectivity index (χ1v) is 13.0. The molecule has 37 heavy (non-hydrogen) atoms. The van der Waals surface area contributed by atoms with Crippen LogP contribution in [0.3, 0.4) is 0 Å². The van der Waals surface area contributed by atoms with Crippen molar-refractivity contribution < 1.29 is 9.59 Å². The van der Waals surface area contributed by atoms with Crippen LogP contribution in [0.1, 0.15) is 61.2 Å². The number of nitrogens with one attached hydrogen (secondary N) is 1. The Morgan fingerprint density at radius 1 is 1.05 bits per heavy atom. The third-order valence-electron chi connectivity index (χ3n) is 8.89. The van der Waals surface area contributed by atoms with Crippen LogP contribution in [0.25, 0.3) is 0 Å². The fraction of sp³-hybridized carbons (Fsp3) is 0.571. The summed E-state index contributed by atoms with van der Waals surface area (Å²) < 4.78 is 0. The van der Waals surface area contributed by atoms with Crippen molar-refractivity contribution in [2.75, 3.05) is 26.2 Å². The van der Waals surface area contributed by atoms with E-state index in [9.17, 15) is 9.59 Å². The highest BCUT2D eigenvalue weighted by atomic mass is 35.5. The molecular formula is C28H35Cl2N5O2. The SMILES string of the molecule is Cl.Cl.N#Cc1ccc(Cc2ncc(CN3CCN(CC(=O)C45CC6CC(CC(C6)C4)C5)C(=O)C3)[nH]2)cc1. The van der Waals surface area contributed by atoms with E-state index in [0.29, 0.717) is 43.9 Å². The second-order valence-corrected chi connectivity index (χ2v) is 11.5. The van der Waals surface area contributed by atoms with E-state index in [2.05, 4.69) is 20.9 Å². The molecule has 9 heteroatoms. The van der Waals surface area contributed by atoms with Crippen LogP contribution in [0.2, 0.25) is 0 Å². The molecule has 1 amide bonds. The predicted molar refractivity (Wildman–Crippen MR) is 145 cm³/mol. The van der Waals surface area contributed by atoms with Crippen molar-refractivity contribution in [2.45, 2.75) is 51.5 Å². The number of nitrogens with zero attached hydrogens (tertiary/aromatic N) is 4. The van der Waals surface area contributed by atoms with Gasteiger partial charge in [0.15, 0.2) is 5.78 Å². The zero-order chi connectivity index (χ0) is 24.0. The lowest BCUT2D eigenvalue weighted by Crippen LogP contribution is -2.56. The minimum Gasteiger partial charge on any atom is -0.345 e. The van der Waals surface area contributed by atoms with Crippen LogP contribution >= 0.6 is 24.8 Å². The molecule has 2 aromatic rings. The highest BCUT2D eigenvalue weighted by molar-refractivity contribution is 5.91. The summed E-state index contributed by atoms with van der Waals surface area (Å²) >= 11 is 0. The van der Waals surface area contributed by atoms with Crippen LogP contribution in [0.5, 0.6) is 0 Å². The Hall–Kier alpha value is -2.40. The van der Waals surface area contributed by atoms with Crippen molar-refractivity contribution in [1.29, 1.82) is 5.26 Å². The van der Waals surface area contributed by atoms with E-state index in [4.69, 9.17) is 5.26 Å². The van der Waals surface area contributed by atoms with Crippen LogP contribution in [0.4, 0.5) is 0 Å². The number of nitriles is 1. The Bertz CT molecular complexity index is 1140. The highest BCUT2D eigenvalue weighted by Crippen LogP contribution is 2.60. The van der Waals surface area contributed by atoms with Gasteiger partial charge in [0.1, 0.15) is 5.82 Å². The van der Waals surface area contributed by atoms with E-state index in [-0.39, 0.29) is 36.1 Å². The standard InChI is InChI=1S/C28H33N5O2.2ClH/c29-14-20-3-1-19(2-4-20)10-26-30-15-24(31-26)16-32-5-6-33(27(35)18-32)17-25(34)28-11-21-7-22(12-28)9-23(8-21)13-28;;/h1-4,15,21-23H,5-13,16-18H2,(H,30,31);2*1H. The largest absolute Gasteiger partial charge is 0.345 e. The Morgan fingerprint density at radius 2 is 1.70 bits per heavy atom. The first-order chi connectivity index (χ1) is 17.0. The molecule has 1 saturated heterocycles. The molecule has 0 spiro atoms. The second kappa shape index (κ2) is 11.1. The van der Waals surface area contributed by atoms with Gasteiger partial charge in [-0.15, -0.1) is 24.8 Å². The van der Waals surface area contributed by atoms with Gasteiger partial charge in [0.05, 0.1) is 24.7 Å². The number of H-pyrrole nitrogens is 1. The van der Waals surface area contributed by atoms with Gasteiger partial charge in [-0.05, 0) is 74.0 Å². The molecule has 7 rings (SSSR count). The monoisotopic (exact) mass is 543 g/mol. The maximum absolute atomic E-state index is 13.4. The molecule has 2 heterocycles. The van der Waals surface area contributed by atoms with E-state index in [1.807, 2.05) is 30.5 Å². The Kier molecular flexibility index (Phi) is 8.32. The number of benzene rings is 1. The van der Waals surface area contributed by atoms with Gasteiger partial charge in [-0.1, -0.05) is 12.1 Å². The maximum Gasteiger partial charge on any atom is 0.237 e. The van der Waals surface area contributed by atoms with Gasteiger partial charge in [0, 0.05) is 43.4 Å². The Labute approximate surface area is 230 Å². The number of hydrogen-bond acceptors (Lipinski definition) is 5. The third-order valence-corrected chi connectivity index (χ3v) is 8.89. The summed E-state index contributed by atoms with van der Waals surface area (Å²) in [6, 6.07) is 9.67. The molecule has 0 unspecified atom stereocenters. The van der Waals surface area contributed by atoms with Gasteiger partial charge >= 0.3 is 0 Å². The topological polar surface area (TPSA) is 93.1 Å². The smallest absolute Gasteiger partial charge is 0.237 e. The first kappa shape index (κ1) is 27.6. The number of carbonyl (C=O) groups excluding carboxylic acids is 2. The van der Waals surface area contributed by atoms with E-state index in [1.54, 1.807) is 4.90 Å². The van der Waals surface area contributed by atoms with Crippen molar-refractivity contribution in [3.63, 3.8) is 0 Å². The molecule has 0 radical (unpaired) electrons. The average Bonchev–Trinajstić information content (AvgIpc) is 3.27. The molecule has 1 aliphatic heterocycles. The number of ketones is 1. The Balaban J connectivity index is 0.00000160. The van der Waals surface area contributed by atoms with Crippen LogP contribution in [-0.4, -0.2) is 57.6 Å². The minimum absolute atomic E-state index is 0. The van der Waals surface area contributed by atoms with Crippen molar-refractivity contribution in [2.24, 2.45) is 23.2 Å². The minimum atomic E-state index is -0.132. The number of amides is 1. The Morgan fingerprint density at radius 3 is 2.30 bits per heavy atom. The summed E-state index contributed by atoms with van der Waals surface area (Å²) in [5.41, 5.74) is 2.60. The van der Waals surface area contributed by atoms with Crippen LogP contribution in [-0.2, 0) is 22.6 Å². The lowest BCUT2D eigenvalue weighted by Gasteiger charge is -2.56. The van der Waals surface area contributed by atoms with Gasteiger partial charge in [-0.3, -0.25) is 14.5 Å². The summed E-state index contributed by atoms with van der Waals surface area (Å²) in [6.45, 7) is 2.67. The molecule has 5 aliphatic rings. The highest BCUT2D eigenvalue weighted by Gasteiger charge is 2.54.